The maximum absolute atomic E-state index is 12.0. The fourth-order valence-corrected chi connectivity index (χ4v) is 4.52. The summed E-state index contributed by atoms with van der Waals surface area (Å²) in [4.78, 5) is 34.6. The minimum Gasteiger partial charge on any atom is -0.393 e. The van der Waals surface area contributed by atoms with E-state index in [9.17, 15) is 14.7 Å². The molecule has 2 aromatic rings. The number of piperidine rings is 1. The molecule has 1 aliphatic heterocycles. The first-order chi connectivity index (χ1) is 15.8. The van der Waals surface area contributed by atoms with Crippen molar-refractivity contribution >= 4 is 46.3 Å². The molecular formula is C23H29ClN6O3. The van der Waals surface area contributed by atoms with Gasteiger partial charge in [0.2, 0.25) is 0 Å². The van der Waals surface area contributed by atoms with Crippen LogP contribution in [-0.4, -0.2) is 52.0 Å². The van der Waals surface area contributed by atoms with E-state index in [2.05, 4.69) is 25.5 Å². The number of hydrogen-bond acceptors (Lipinski definition) is 8. The zero-order valence-corrected chi connectivity index (χ0v) is 19.4. The second-order valence-corrected chi connectivity index (χ2v) is 9.08. The molecule has 10 heteroatoms. The van der Waals surface area contributed by atoms with Crippen LogP contribution in [0.5, 0.6) is 0 Å². The van der Waals surface area contributed by atoms with Crippen molar-refractivity contribution in [2.24, 2.45) is 5.73 Å². The van der Waals surface area contributed by atoms with Gasteiger partial charge in [-0.1, -0.05) is 17.7 Å². The maximum Gasteiger partial charge on any atom is 0.271 e. The molecule has 1 amide bonds. The molecule has 0 unspecified atom stereocenters. The molecule has 2 aliphatic rings. The normalized spacial score (nSPS) is 21.1. The maximum atomic E-state index is 12.0. The van der Waals surface area contributed by atoms with Crippen LogP contribution >= 0.6 is 11.6 Å². The molecule has 33 heavy (non-hydrogen) atoms. The number of carbonyl (C=O) groups is 2. The number of aliphatic hydroxyl groups excluding tert-OH is 1. The Morgan fingerprint density at radius 1 is 1.15 bits per heavy atom. The third kappa shape index (κ3) is 5.54. The summed E-state index contributed by atoms with van der Waals surface area (Å²) in [5.74, 6) is 0.135. The van der Waals surface area contributed by atoms with E-state index in [-0.39, 0.29) is 34.6 Å². The number of nitrogens with zero attached hydrogens (tertiary/aromatic N) is 3. The molecule has 0 spiro atoms. The summed E-state index contributed by atoms with van der Waals surface area (Å²) in [6.07, 6.45) is 3.81. The lowest BCUT2D eigenvalue weighted by atomic mass is 9.93. The molecule has 5 N–H and O–H groups in total. The van der Waals surface area contributed by atoms with Gasteiger partial charge < -0.3 is 26.4 Å². The number of amides is 1. The number of benzene rings is 1. The lowest BCUT2D eigenvalue weighted by Gasteiger charge is -2.30. The third-order valence-electron chi connectivity index (χ3n) is 6.26. The first-order valence-corrected chi connectivity index (χ1v) is 11.6. The van der Waals surface area contributed by atoms with Crippen LogP contribution in [-0.2, 0) is 4.79 Å². The van der Waals surface area contributed by atoms with Crippen molar-refractivity contribution in [1.82, 2.24) is 9.97 Å². The minimum atomic E-state index is -0.735. The number of nitrogens with one attached hydrogen (secondary N) is 2. The summed E-state index contributed by atoms with van der Waals surface area (Å²) in [6, 6.07) is 5.96. The number of aromatic nitrogens is 2. The number of ketones is 1. The van der Waals surface area contributed by atoms with Gasteiger partial charge in [-0.05, 0) is 50.3 Å². The van der Waals surface area contributed by atoms with Gasteiger partial charge in [0.1, 0.15) is 5.78 Å². The van der Waals surface area contributed by atoms with Gasteiger partial charge in [0.05, 0.1) is 6.10 Å². The average molecular weight is 473 g/mol. The highest BCUT2D eigenvalue weighted by Crippen LogP contribution is 2.31. The molecule has 1 saturated heterocycles. The number of hydrogen-bond donors (Lipinski definition) is 4. The molecule has 0 atom stereocenters. The molecule has 1 aliphatic carbocycles. The lowest BCUT2D eigenvalue weighted by molar-refractivity contribution is -0.119. The smallest absolute Gasteiger partial charge is 0.271 e. The zero-order valence-electron chi connectivity index (χ0n) is 18.6. The van der Waals surface area contributed by atoms with E-state index in [1.807, 2.05) is 25.1 Å². The van der Waals surface area contributed by atoms with Crippen molar-refractivity contribution in [3.63, 3.8) is 0 Å². The molecule has 1 saturated carbocycles. The molecule has 2 fully saturated rings. The summed E-state index contributed by atoms with van der Waals surface area (Å²) in [5.41, 5.74) is 8.33. The Balaban J connectivity index is 1.59. The number of carbonyl (C=O) groups excluding carboxylic acids is 2. The highest BCUT2D eigenvalue weighted by molar-refractivity contribution is 6.32. The number of primary amides is 1. The fraction of sp³-hybridized carbons (Fsp3) is 0.478. The second kappa shape index (κ2) is 9.93. The summed E-state index contributed by atoms with van der Waals surface area (Å²) >= 11 is 6.30. The summed E-state index contributed by atoms with van der Waals surface area (Å²) in [5, 5.41) is 16.3. The third-order valence-corrected chi connectivity index (χ3v) is 6.52. The number of rotatable bonds is 6. The molecule has 176 valence electrons. The van der Waals surface area contributed by atoms with Gasteiger partial charge in [0.25, 0.3) is 5.91 Å². The average Bonchev–Trinajstić information content (AvgIpc) is 2.79. The van der Waals surface area contributed by atoms with Crippen molar-refractivity contribution < 1.29 is 14.7 Å². The van der Waals surface area contributed by atoms with E-state index in [1.54, 1.807) is 0 Å². The van der Waals surface area contributed by atoms with Gasteiger partial charge in [0.15, 0.2) is 22.5 Å². The van der Waals surface area contributed by atoms with Gasteiger partial charge in [-0.15, -0.1) is 0 Å². The SMILES string of the molecule is Cc1ccc(Nc2nc(NC3CCC(O)CC3)c(Cl)nc2C(N)=O)cc1N1CCC(=O)CC1. The molecule has 4 rings (SSSR count). The molecule has 2 heterocycles. The predicted octanol–water partition coefficient (Wildman–Crippen LogP) is 3.17. The predicted molar refractivity (Wildman–Crippen MR) is 128 cm³/mol. The van der Waals surface area contributed by atoms with Crippen LogP contribution in [0.2, 0.25) is 5.15 Å². The van der Waals surface area contributed by atoms with Gasteiger partial charge in [-0.25, -0.2) is 9.97 Å². The van der Waals surface area contributed by atoms with E-state index in [1.165, 1.54) is 0 Å². The quantitative estimate of drug-likeness (QED) is 0.503. The second-order valence-electron chi connectivity index (χ2n) is 8.73. The van der Waals surface area contributed by atoms with E-state index >= 15 is 0 Å². The summed E-state index contributed by atoms with van der Waals surface area (Å²) < 4.78 is 0. The van der Waals surface area contributed by atoms with Crippen molar-refractivity contribution in [3.05, 3.63) is 34.6 Å². The molecule has 0 bridgehead atoms. The van der Waals surface area contributed by atoms with E-state index in [4.69, 9.17) is 17.3 Å². The van der Waals surface area contributed by atoms with Gasteiger partial charge >= 0.3 is 0 Å². The highest BCUT2D eigenvalue weighted by Gasteiger charge is 2.23. The monoisotopic (exact) mass is 472 g/mol. The van der Waals surface area contributed by atoms with Crippen molar-refractivity contribution in [1.29, 1.82) is 0 Å². The van der Waals surface area contributed by atoms with Crippen molar-refractivity contribution in [2.75, 3.05) is 28.6 Å². The highest BCUT2D eigenvalue weighted by atomic mass is 35.5. The van der Waals surface area contributed by atoms with Crippen LogP contribution in [0, 0.1) is 6.92 Å². The van der Waals surface area contributed by atoms with Crippen LogP contribution in [0.4, 0.5) is 23.0 Å². The van der Waals surface area contributed by atoms with Crippen LogP contribution < -0.4 is 21.3 Å². The number of Topliss-reactive ketones (excluding diaryl/α,β-unsaturated/α-hetero) is 1. The van der Waals surface area contributed by atoms with Crippen LogP contribution in [0.25, 0.3) is 0 Å². The Bertz CT molecular complexity index is 1040. The van der Waals surface area contributed by atoms with Crippen molar-refractivity contribution in [2.45, 2.75) is 57.6 Å². The standard InChI is InChI=1S/C23H29ClN6O3/c1-13-2-3-15(12-18(13)30-10-8-17(32)9-11-30)27-22-19(21(25)33)28-20(24)23(29-22)26-14-4-6-16(31)7-5-14/h2-3,12,14,16,31H,4-11H2,1H3,(H2,25,33)(H2,26,27,29). The van der Waals surface area contributed by atoms with Crippen LogP contribution in [0.15, 0.2) is 18.2 Å². The molecule has 1 aromatic carbocycles. The largest absolute Gasteiger partial charge is 0.393 e. The summed E-state index contributed by atoms with van der Waals surface area (Å²) in [6.45, 7) is 3.39. The number of nitrogens with two attached hydrogens (primary N) is 1. The van der Waals surface area contributed by atoms with Crippen LogP contribution in [0.1, 0.15) is 54.6 Å². The van der Waals surface area contributed by atoms with E-state index in [0.29, 0.717) is 44.6 Å². The molecular weight excluding hydrogens is 444 g/mol. The molecule has 1 aromatic heterocycles. The number of aliphatic hydroxyl groups is 1. The number of aryl methyl sites for hydroxylation is 1. The first-order valence-electron chi connectivity index (χ1n) is 11.3. The Hall–Kier alpha value is -2.91. The van der Waals surface area contributed by atoms with E-state index in [0.717, 1.165) is 29.8 Å². The molecule has 0 radical (unpaired) electrons. The van der Waals surface area contributed by atoms with E-state index < -0.39 is 5.91 Å². The molecule has 9 nitrogen and oxygen atoms in total. The lowest BCUT2D eigenvalue weighted by Crippen LogP contribution is -2.34. The summed E-state index contributed by atoms with van der Waals surface area (Å²) in [7, 11) is 0. The zero-order chi connectivity index (χ0) is 23.5. The van der Waals surface area contributed by atoms with Gasteiger partial charge in [-0.3, -0.25) is 9.59 Å². The minimum absolute atomic E-state index is 0.0460. The number of halogens is 1. The Morgan fingerprint density at radius 2 is 1.85 bits per heavy atom. The van der Waals surface area contributed by atoms with Gasteiger partial charge in [-0.2, -0.15) is 0 Å². The van der Waals surface area contributed by atoms with Crippen LogP contribution in [0.3, 0.4) is 0 Å². The topological polar surface area (TPSA) is 133 Å². The van der Waals surface area contributed by atoms with Gasteiger partial charge in [0, 0.05) is 43.3 Å². The van der Waals surface area contributed by atoms with Crippen molar-refractivity contribution in [3.8, 4) is 0 Å². The number of anilines is 4. The Kier molecular flexibility index (Phi) is 6.99. The Labute approximate surface area is 197 Å². The fourth-order valence-electron chi connectivity index (χ4n) is 4.34. The Morgan fingerprint density at radius 3 is 2.52 bits per heavy atom. The first kappa shape index (κ1) is 23.3.